The minimum absolute atomic E-state index is 0.0842. The van der Waals surface area contributed by atoms with Crippen molar-refractivity contribution < 1.29 is 9.59 Å². The number of carbonyl (C=O) groups is 2. The maximum atomic E-state index is 12.2. The number of nitrogens with zero attached hydrogens (tertiary/aromatic N) is 1. The smallest absolute Gasteiger partial charge is 0.240 e. The molecule has 0 aliphatic carbocycles. The predicted molar refractivity (Wildman–Crippen MR) is 97.5 cm³/mol. The summed E-state index contributed by atoms with van der Waals surface area (Å²) < 4.78 is 0. The van der Waals surface area contributed by atoms with Crippen LogP contribution in [0.3, 0.4) is 0 Å². The molecule has 0 bridgehead atoms. The topological polar surface area (TPSA) is 49.4 Å². The van der Waals surface area contributed by atoms with Crippen LogP contribution in [0.1, 0.15) is 18.1 Å². The fraction of sp³-hybridized carbons (Fsp3) is 0.222. The molecule has 0 aromatic heterocycles. The van der Waals surface area contributed by atoms with Crippen molar-refractivity contribution in [3.8, 4) is 0 Å². The lowest BCUT2D eigenvalue weighted by Gasteiger charge is -2.21. The monoisotopic (exact) mass is 364 g/mol. The number of nitrogens with one attached hydrogen (secondary N) is 1. The summed E-state index contributed by atoms with van der Waals surface area (Å²) in [7, 11) is 0. The summed E-state index contributed by atoms with van der Waals surface area (Å²) in [5.74, 6) is -0.501. The molecule has 2 aromatic rings. The Morgan fingerprint density at radius 3 is 2.42 bits per heavy atom. The third kappa shape index (κ3) is 4.73. The van der Waals surface area contributed by atoms with Gasteiger partial charge in [0.2, 0.25) is 11.8 Å². The normalized spacial score (nSPS) is 10.3. The summed E-state index contributed by atoms with van der Waals surface area (Å²) >= 11 is 11.9. The van der Waals surface area contributed by atoms with Crippen molar-refractivity contribution in [1.29, 1.82) is 0 Å². The van der Waals surface area contributed by atoms with E-state index >= 15 is 0 Å². The molecule has 4 nitrogen and oxygen atoms in total. The molecule has 0 unspecified atom stereocenters. The van der Waals surface area contributed by atoms with Crippen LogP contribution in [0.2, 0.25) is 10.0 Å². The van der Waals surface area contributed by atoms with Gasteiger partial charge >= 0.3 is 0 Å². The minimum atomic E-state index is -0.251. The highest BCUT2D eigenvalue weighted by atomic mass is 35.5. The highest BCUT2D eigenvalue weighted by molar-refractivity contribution is 6.42. The third-order valence-electron chi connectivity index (χ3n) is 3.63. The number of benzene rings is 2. The molecule has 0 saturated carbocycles. The van der Waals surface area contributed by atoms with Crippen molar-refractivity contribution in [2.45, 2.75) is 20.4 Å². The molecule has 24 heavy (non-hydrogen) atoms. The average Bonchev–Trinajstić information content (AvgIpc) is 2.54. The molecule has 0 atom stereocenters. The highest BCUT2D eigenvalue weighted by Crippen LogP contribution is 2.27. The zero-order valence-electron chi connectivity index (χ0n) is 13.5. The van der Waals surface area contributed by atoms with E-state index < -0.39 is 0 Å². The second-order valence-corrected chi connectivity index (χ2v) is 6.22. The lowest BCUT2D eigenvalue weighted by Crippen LogP contribution is -2.39. The van der Waals surface area contributed by atoms with Gasteiger partial charge < -0.3 is 10.2 Å². The fourth-order valence-electron chi connectivity index (χ4n) is 2.24. The number of carbonyl (C=O) groups excluding carboxylic acids is 2. The van der Waals surface area contributed by atoms with E-state index in [9.17, 15) is 9.59 Å². The molecule has 2 rings (SSSR count). The first-order valence-corrected chi connectivity index (χ1v) is 8.18. The first-order chi connectivity index (χ1) is 11.4. The van der Waals surface area contributed by atoms with E-state index in [0.29, 0.717) is 22.3 Å². The molecule has 2 amide bonds. The largest absolute Gasteiger partial charge is 0.350 e. The van der Waals surface area contributed by atoms with Gasteiger partial charge in [0.05, 0.1) is 10.0 Å². The Morgan fingerprint density at radius 1 is 1.08 bits per heavy atom. The lowest BCUT2D eigenvalue weighted by atomic mass is 10.1. The molecule has 0 fully saturated rings. The molecule has 0 radical (unpaired) electrons. The Balaban J connectivity index is 2.05. The second kappa shape index (κ2) is 8.18. The van der Waals surface area contributed by atoms with Crippen LogP contribution in [0, 0.1) is 6.92 Å². The quantitative estimate of drug-likeness (QED) is 0.872. The van der Waals surface area contributed by atoms with Crippen molar-refractivity contribution in [2.24, 2.45) is 0 Å². The van der Waals surface area contributed by atoms with E-state index in [1.165, 1.54) is 11.8 Å². The van der Waals surface area contributed by atoms with Crippen LogP contribution in [0.4, 0.5) is 5.69 Å². The second-order valence-electron chi connectivity index (χ2n) is 5.41. The Hall–Kier alpha value is -2.04. The Kier molecular flexibility index (Phi) is 6.23. The van der Waals surface area contributed by atoms with Gasteiger partial charge in [-0.3, -0.25) is 9.59 Å². The summed E-state index contributed by atoms with van der Waals surface area (Å²) in [6.07, 6.45) is 0. The van der Waals surface area contributed by atoms with Gasteiger partial charge in [0.25, 0.3) is 0 Å². The van der Waals surface area contributed by atoms with Crippen LogP contribution in [0.15, 0.2) is 42.5 Å². The fourth-order valence-corrected chi connectivity index (χ4v) is 2.53. The molecule has 2 aromatic carbocycles. The Morgan fingerprint density at radius 2 is 1.79 bits per heavy atom. The summed E-state index contributed by atoms with van der Waals surface area (Å²) in [6, 6.07) is 12.6. The Labute approximate surface area is 151 Å². The summed E-state index contributed by atoms with van der Waals surface area (Å²) in [6.45, 7) is 3.72. The number of anilines is 1. The van der Waals surface area contributed by atoms with Gasteiger partial charge in [-0.2, -0.15) is 0 Å². The lowest BCUT2D eigenvalue weighted by molar-refractivity contribution is -0.123. The number of rotatable bonds is 5. The van der Waals surface area contributed by atoms with E-state index in [-0.39, 0.29) is 18.4 Å². The molecular formula is C18H18Cl2N2O2. The molecule has 0 saturated heterocycles. The highest BCUT2D eigenvalue weighted by Gasteiger charge is 2.16. The number of amides is 2. The van der Waals surface area contributed by atoms with Crippen LogP contribution < -0.4 is 10.2 Å². The van der Waals surface area contributed by atoms with Gasteiger partial charge in [-0.05, 0) is 36.2 Å². The maximum absolute atomic E-state index is 12.2. The van der Waals surface area contributed by atoms with Crippen LogP contribution in [0.5, 0.6) is 0 Å². The predicted octanol–water partition coefficient (Wildman–Crippen LogP) is 3.97. The van der Waals surface area contributed by atoms with Crippen molar-refractivity contribution in [1.82, 2.24) is 5.32 Å². The molecule has 1 N–H and O–H groups in total. The van der Waals surface area contributed by atoms with Gasteiger partial charge in [0.15, 0.2) is 0 Å². The molecule has 0 aliphatic rings. The van der Waals surface area contributed by atoms with E-state index in [2.05, 4.69) is 5.32 Å². The first kappa shape index (κ1) is 18.3. The van der Waals surface area contributed by atoms with Crippen LogP contribution >= 0.6 is 23.2 Å². The van der Waals surface area contributed by atoms with Gasteiger partial charge in [-0.25, -0.2) is 0 Å². The molecule has 0 aliphatic heterocycles. The van der Waals surface area contributed by atoms with E-state index in [0.717, 1.165) is 11.1 Å². The minimum Gasteiger partial charge on any atom is -0.350 e. The number of halogens is 2. The maximum Gasteiger partial charge on any atom is 0.240 e. The first-order valence-electron chi connectivity index (χ1n) is 7.43. The van der Waals surface area contributed by atoms with Gasteiger partial charge in [-0.15, -0.1) is 0 Å². The van der Waals surface area contributed by atoms with Gasteiger partial charge in [0, 0.05) is 19.2 Å². The average molecular weight is 365 g/mol. The van der Waals surface area contributed by atoms with Gasteiger partial charge in [-0.1, -0.05) is 47.5 Å². The Bertz CT molecular complexity index is 762. The number of hydrogen-bond acceptors (Lipinski definition) is 2. The van der Waals surface area contributed by atoms with Crippen molar-refractivity contribution >= 4 is 40.7 Å². The van der Waals surface area contributed by atoms with Crippen LogP contribution in [0.25, 0.3) is 0 Å². The summed E-state index contributed by atoms with van der Waals surface area (Å²) in [5, 5.41) is 3.56. The van der Waals surface area contributed by atoms with Crippen LogP contribution in [-0.2, 0) is 16.1 Å². The zero-order valence-corrected chi connectivity index (χ0v) is 15.0. The molecular weight excluding hydrogens is 347 g/mol. The summed E-state index contributed by atoms with van der Waals surface area (Å²) in [4.78, 5) is 25.4. The summed E-state index contributed by atoms with van der Waals surface area (Å²) in [5.41, 5.74) is 2.67. The molecule has 0 heterocycles. The molecule has 6 heteroatoms. The van der Waals surface area contributed by atoms with Crippen molar-refractivity contribution in [3.05, 3.63) is 63.6 Å². The standard InChI is InChI=1S/C18H18Cl2N2O2/c1-12-5-3-4-6-14(12)10-21-18(24)11-22(13(2)23)15-7-8-16(19)17(20)9-15/h3-9H,10-11H2,1-2H3,(H,21,24). The number of aryl methyl sites for hydroxylation is 1. The van der Waals surface area contributed by atoms with E-state index in [1.807, 2.05) is 31.2 Å². The van der Waals surface area contributed by atoms with E-state index in [1.54, 1.807) is 18.2 Å². The molecule has 0 spiro atoms. The SMILES string of the molecule is CC(=O)N(CC(=O)NCc1ccccc1C)c1ccc(Cl)c(Cl)c1. The molecule has 126 valence electrons. The van der Waals surface area contributed by atoms with Crippen molar-refractivity contribution in [2.75, 3.05) is 11.4 Å². The zero-order chi connectivity index (χ0) is 17.7. The third-order valence-corrected chi connectivity index (χ3v) is 4.37. The van der Waals surface area contributed by atoms with E-state index in [4.69, 9.17) is 23.2 Å². The van der Waals surface area contributed by atoms with Crippen LogP contribution in [-0.4, -0.2) is 18.4 Å². The van der Waals surface area contributed by atoms with Gasteiger partial charge in [0.1, 0.15) is 6.54 Å². The number of hydrogen-bond donors (Lipinski definition) is 1. The van der Waals surface area contributed by atoms with Crippen molar-refractivity contribution in [3.63, 3.8) is 0 Å².